The Kier molecular flexibility index (Phi) is 1.66. The largest absolute Gasteiger partial charge is 0.302 e. The molecule has 0 fully saturated rings. The fourth-order valence-corrected chi connectivity index (χ4v) is 0.554. The van der Waals surface area contributed by atoms with E-state index in [0.717, 1.165) is 0 Å². The smallest absolute Gasteiger partial charge is 0.289 e. The number of carbonyl (C=O) groups is 1. The first kappa shape index (κ1) is 6.73. The molecule has 1 N–H and O–H groups in total. The van der Waals surface area contributed by atoms with Gasteiger partial charge < -0.3 is 0 Å². The Bertz CT molecular complexity index is 243. The van der Waals surface area contributed by atoms with Crippen LogP contribution >= 0.6 is 0 Å². The monoisotopic (exact) mass is 142 g/mol. The molecule has 0 aliphatic carbocycles. The number of nitrogens with one attached hydrogen (secondary N) is 1. The molecule has 1 amide bonds. The molecule has 5 heteroatoms. The van der Waals surface area contributed by atoms with Crippen molar-refractivity contribution < 1.29 is 14.0 Å². The molecular formula is C5H8N3O2+. The summed E-state index contributed by atoms with van der Waals surface area (Å²) in [4.78, 5) is 10.4. The fourth-order valence-electron chi connectivity index (χ4n) is 0.554. The SMILES string of the molecule is CC(=O)Nc1c[n+](C)no1. The van der Waals surface area contributed by atoms with Crippen molar-refractivity contribution >= 4 is 11.8 Å². The Morgan fingerprint density at radius 2 is 2.60 bits per heavy atom. The van der Waals surface area contributed by atoms with E-state index in [1.807, 2.05) is 0 Å². The minimum absolute atomic E-state index is 0.170. The van der Waals surface area contributed by atoms with Crippen LogP contribution in [0.1, 0.15) is 6.92 Å². The minimum atomic E-state index is -0.170. The number of aromatic nitrogens is 2. The van der Waals surface area contributed by atoms with E-state index >= 15 is 0 Å². The minimum Gasteiger partial charge on any atom is -0.289 e. The van der Waals surface area contributed by atoms with Gasteiger partial charge in [-0.1, -0.05) is 4.68 Å². The highest BCUT2D eigenvalue weighted by Crippen LogP contribution is 1.97. The Balaban J connectivity index is 2.67. The van der Waals surface area contributed by atoms with E-state index in [9.17, 15) is 4.79 Å². The molecule has 0 saturated heterocycles. The molecule has 5 nitrogen and oxygen atoms in total. The summed E-state index contributed by atoms with van der Waals surface area (Å²) in [5.74, 6) is 0.187. The summed E-state index contributed by atoms with van der Waals surface area (Å²) in [7, 11) is 1.70. The second kappa shape index (κ2) is 2.47. The molecule has 0 spiro atoms. The van der Waals surface area contributed by atoms with Crippen LogP contribution in [-0.2, 0) is 11.8 Å². The molecule has 1 aromatic heterocycles. The Morgan fingerprint density at radius 1 is 1.90 bits per heavy atom. The van der Waals surface area contributed by atoms with Crippen LogP contribution in [-0.4, -0.2) is 11.2 Å². The maximum atomic E-state index is 10.4. The van der Waals surface area contributed by atoms with Gasteiger partial charge in [-0.15, -0.1) is 0 Å². The lowest BCUT2D eigenvalue weighted by atomic mass is 10.6. The Morgan fingerprint density at radius 3 is 3.00 bits per heavy atom. The molecule has 0 aliphatic heterocycles. The zero-order valence-corrected chi connectivity index (χ0v) is 5.79. The number of anilines is 1. The van der Waals surface area contributed by atoms with Gasteiger partial charge in [-0.3, -0.25) is 14.6 Å². The number of hydrogen-bond acceptors (Lipinski definition) is 3. The zero-order valence-electron chi connectivity index (χ0n) is 5.79. The van der Waals surface area contributed by atoms with E-state index in [0.29, 0.717) is 5.88 Å². The van der Waals surface area contributed by atoms with Crippen molar-refractivity contribution in [2.75, 3.05) is 5.32 Å². The summed E-state index contributed by atoms with van der Waals surface area (Å²) in [6, 6.07) is 0. The topological polar surface area (TPSA) is 59.0 Å². The number of nitrogens with zero attached hydrogens (tertiary/aromatic N) is 2. The second-order valence-electron chi connectivity index (χ2n) is 1.92. The van der Waals surface area contributed by atoms with Crippen molar-refractivity contribution in [2.24, 2.45) is 7.05 Å². The summed E-state index contributed by atoms with van der Waals surface area (Å²) in [5, 5.41) is 5.93. The van der Waals surface area contributed by atoms with E-state index in [1.165, 1.54) is 11.6 Å². The van der Waals surface area contributed by atoms with Crippen LogP contribution in [0.15, 0.2) is 10.7 Å². The van der Waals surface area contributed by atoms with Crippen molar-refractivity contribution in [2.45, 2.75) is 6.92 Å². The molecule has 0 aromatic carbocycles. The molecule has 54 valence electrons. The highest BCUT2D eigenvalue weighted by molar-refractivity contribution is 5.86. The number of aryl methyl sites for hydroxylation is 1. The van der Waals surface area contributed by atoms with Crippen LogP contribution in [0.25, 0.3) is 0 Å². The third kappa shape index (κ3) is 1.54. The maximum Gasteiger partial charge on any atom is 0.302 e. The lowest BCUT2D eigenvalue weighted by Gasteiger charge is -1.86. The lowest BCUT2D eigenvalue weighted by molar-refractivity contribution is -0.739. The fraction of sp³-hybridized carbons (Fsp3) is 0.400. The highest BCUT2D eigenvalue weighted by atomic mass is 16.5. The summed E-state index contributed by atoms with van der Waals surface area (Å²) in [5.41, 5.74) is 0. The van der Waals surface area contributed by atoms with Gasteiger partial charge in [0.15, 0.2) is 12.3 Å². The molecule has 0 unspecified atom stereocenters. The summed E-state index contributed by atoms with van der Waals surface area (Å²) < 4.78 is 6.12. The van der Waals surface area contributed by atoms with Crippen LogP contribution in [0.4, 0.5) is 5.88 Å². The van der Waals surface area contributed by atoms with Crippen LogP contribution in [0.5, 0.6) is 0 Å². The van der Waals surface area contributed by atoms with Gasteiger partial charge in [0.05, 0.1) is 0 Å². The van der Waals surface area contributed by atoms with Crippen molar-refractivity contribution in [3.8, 4) is 0 Å². The quantitative estimate of drug-likeness (QED) is 0.535. The van der Waals surface area contributed by atoms with E-state index in [1.54, 1.807) is 13.2 Å². The maximum absolute atomic E-state index is 10.4. The van der Waals surface area contributed by atoms with Crippen LogP contribution in [0.2, 0.25) is 0 Å². The van der Waals surface area contributed by atoms with Crippen LogP contribution in [0, 0.1) is 0 Å². The summed E-state index contributed by atoms with van der Waals surface area (Å²) >= 11 is 0. The van der Waals surface area contributed by atoms with E-state index in [4.69, 9.17) is 0 Å². The van der Waals surface area contributed by atoms with Crippen molar-refractivity contribution in [1.82, 2.24) is 5.27 Å². The molecule has 1 aromatic rings. The number of hydrogen-bond donors (Lipinski definition) is 1. The van der Waals surface area contributed by atoms with Gasteiger partial charge in [-0.2, -0.15) is 0 Å². The van der Waals surface area contributed by atoms with Crippen molar-refractivity contribution in [3.63, 3.8) is 0 Å². The van der Waals surface area contributed by atoms with Gasteiger partial charge in [-0.05, 0) is 0 Å². The van der Waals surface area contributed by atoms with Gasteiger partial charge in [0.1, 0.15) is 0 Å². The van der Waals surface area contributed by atoms with Crippen LogP contribution in [0.3, 0.4) is 0 Å². The third-order valence-corrected chi connectivity index (χ3v) is 0.871. The van der Waals surface area contributed by atoms with E-state index in [-0.39, 0.29) is 5.91 Å². The zero-order chi connectivity index (χ0) is 7.56. The van der Waals surface area contributed by atoms with Gasteiger partial charge in [0.2, 0.25) is 5.91 Å². The predicted octanol–water partition coefficient (Wildman–Crippen LogP) is -0.543. The highest BCUT2D eigenvalue weighted by Gasteiger charge is 2.06. The van der Waals surface area contributed by atoms with E-state index in [2.05, 4.69) is 15.1 Å². The molecule has 10 heavy (non-hydrogen) atoms. The normalized spacial score (nSPS) is 9.40. The van der Waals surface area contributed by atoms with Crippen LogP contribution < -0.4 is 10.00 Å². The molecule has 0 radical (unpaired) electrons. The van der Waals surface area contributed by atoms with Crippen molar-refractivity contribution in [3.05, 3.63) is 6.20 Å². The van der Waals surface area contributed by atoms with Crippen molar-refractivity contribution in [1.29, 1.82) is 0 Å². The Hall–Kier alpha value is -1.39. The lowest BCUT2D eigenvalue weighted by Crippen LogP contribution is -2.28. The average Bonchev–Trinajstić information content (AvgIpc) is 2.13. The molecule has 0 aliphatic rings. The van der Waals surface area contributed by atoms with Gasteiger partial charge >= 0.3 is 5.88 Å². The molecular weight excluding hydrogens is 134 g/mol. The number of carbonyl (C=O) groups excluding carboxylic acids is 1. The molecule has 1 rings (SSSR count). The summed E-state index contributed by atoms with van der Waals surface area (Å²) in [6.45, 7) is 1.41. The molecule has 0 saturated carbocycles. The molecule has 0 atom stereocenters. The first-order chi connectivity index (χ1) is 4.68. The summed E-state index contributed by atoms with van der Waals surface area (Å²) in [6.07, 6.45) is 1.57. The first-order valence-corrected chi connectivity index (χ1v) is 2.78. The van der Waals surface area contributed by atoms with Gasteiger partial charge in [0.25, 0.3) is 6.20 Å². The predicted molar refractivity (Wildman–Crippen MR) is 32.0 cm³/mol. The van der Waals surface area contributed by atoms with Gasteiger partial charge in [-0.25, -0.2) is 0 Å². The molecule has 1 heterocycles. The Labute approximate surface area is 57.6 Å². The van der Waals surface area contributed by atoms with Gasteiger partial charge in [0, 0.05) is 6.92 Å². The van der Waals surface area contributed by atoms with E-state index < -0.39 is 0 Å². The first-order valence-electron chi connectivity index (χ1n) is 2.78. The number of amides is 1. The number of rotatable bonds is 1. The second-order valence-corrected chi connectivity index (χ2v) is 1.92. The molecule has 0 bridgehead atoms. The standard InChI is InChI=1S/C5H7N3O2/c1-4(9)6-5-3-8(2)7-10-5/h3H,1-2H3/p+1. The average molecular weight is 142 g/mol. The third-order valence-electron chi connectivity index (χ3n) is 0.871.